The average Bonchev–Trinajstić information content (AvgIpc) is 3.14. The quantitative estimate of drug-likeness (QED) is 0.445. The molecule has 0 N–H and O–H groups in total. The van der Waals surface area contributed by atoms with Gasteiger partial charge in [-0.1, -0.05) is 30.0 Å². The lowest BCUT2D eigenvalue weighted by Gasteiger charge is -2.18. The van der Waals surface area contributed by atoms with Crippen molar-refractivity contribution in [3.05, 3.63) is 57.4 Å². The largest absolute Gasteiger partial charge is 0.343 e. The number of hydrogen-bond donors (Lipinski definition) is 0. The Bertz CT molecular complexity index is 1010. The van der Waals surface area contributed by atoms with E-state index in [1.807, 2.05) is 19.2 Å². The first-order chi connectivity index (χ1) is 13.0. The first kappa shape index (κ1) is 19.6. The van der Waals surface area contributed by atoms with Gasteiger partial charge in [-0.15, -0.1) is 11.3 Å². The summed E-state index contributed by atoms with van der Waals surface area (Å²) in [5.74, 6) is -0.200. The van der Waals surface area contributed by atoms with Crippen molar-refractivity contribution in [2.45, 2.75) is 25.5 Å². The van der Waals surface area contributed by atoms with Crippen LogP contribution in [0.3, 0.4) is 0 Å². The van der Waals surface area contributed by atoms with Crippen LogP contribution >= 0.6 is 23.1 Å². The summed E-state index contributed by atoms with van der Waals surface area (Å²) < 4.78 is 16.1. The zero-order valence-corrected chi connectivity index (χ0v) is 16.8. The first-order valence-electron chi connectivity index (χ1n) is 8.67. The topological polar surface area (TPSA) is 55.2 Å². The van der Waals surface area contributed by atoms with Crippen molar-refractivity contribution in [1.29, 1.82) is 0 Å². The van der Waals surface area contributed by atoms with E-state index in [2.05, 4.69) is 4.98 Å². The number of nitrogens with zero attached hydrogens (tertiary/aromatic N) is 3. The van der Waals surface area contributed by atoms with E-state index >= 15 is 0 Å². The molecule has 8 heteroatoms. The molecule has 0 atom stereocenters. The number of carbonyl (C=O) groups is 1. The third kappa shape index (κ3) is 4.22. The predicted octanol–water partition coefficient (Wildman–Crippen LogP) is 3.61. The van der Waals surface area contributed by atoms with Crippen LogP contribution in [0.4, 0.5) is 4.39 Å². The highest BCUT2D eigenvalue weighted by Crippen LogP contribution is 2.22. The lowest BCUT2D eigenvalue weighted by atomic mass is 10.2. The Morgan fingerprint density at radius 3 is 2.70 bits per heavy atom. The van der Waals surface area contributed by atoms with Gasteiger partial charge in [-0.05, 0) is 31.4 Å². The minimum Gasteiger partial charge on any atom is -0.343 e. The van der Waals surface area contributed by atoms with Crippen molar-refractivity contribution < 1.29 is 9.18 Å². The van der Waals surface area contributed by atoms with E-state index in [0.717, 1.165) is 0 Å². The van der Waals surface area contributed by atoms with Gasteiger partial charge in [-0.3, -0.25) is 14.2 Å². The number of carbonyl (C=O) groups excluding carboxylic acids is 1. The van der Waals surface area contributed by atoms with E-state index in [0.29, 0.717) is 34.0 Å². The van der Waals surface area contributed by atoms with Crippen molar-refractivity contribution in [1.82, 2.24) is 14.5 Å². The van der Waals surface area contributed by atoms with Crippen LogP contribution in [-0.4, -0.2) is 39.2 Å². The highest BCUT2D eigenvalue weighted by Gasteiger charge is 2.17. The van der Waals surface area contributed by atoms with Crippen LogP contribution in [-0.2, 0) is 11.3 Å². The molecule has 3 aromatic rings. The number of amides is 1. The van der Waals surface area contributed by atoms with E-state index in [-0.39, 0.29) is 29.6 Å². The molecule has 1 aromatic carbocycles. The molecule has 3 rings (SSSR count). The lowest BCUT2D eigenvalue weighted by Crippen LogP contribution is -2.32. The van der Waals surface area contributed by atoms with Crippen molar-refractivity contribution >= 4 is 39.2 Å². The van der Waals surface area contributed by atoms with Crippen molar-refractivity contribution in [3.8, 4) is 0 Å². The summed E-state index contributed by atoms with van der Waals surface area (Å²) in [4.78, 5) is 31.5. The molecule has 2 aromatic heterocycles. The Morgan fingerprint density at radius 2 is 2.00 bits per heavy atom. The van der Waals surface area contributed by atoms with E-state index < -0.39 is 0 Å². The predicted molar refractivity (Wildman–Crippen MR) is 108 cm³/mol. The fourth-order valence-electron chi connectivity index (χ4n) is 2.76. The third-order valence-electron chi connectivity index (χ3n) is 4.26. The molecular weight excluding hydrogens is 385 g/mol. The number of thiophene rings is 1. The third-order valence-corrected chi connectivity index (χ3v) is 6.11. The molecule has 0 radical (unpaired) electrons. The summed E-state index contributed by atoms with van der Waals surface area (Å²) in [6.07, 6.45) is 0. The van der Waals surface area contributed by atoms with Crippen molar-refractivity contribution in [2.75, 3.05) is 18.8 Å². The molecule has 0 aliphatic rings. The Kier molecular flexibility index (Phi) is 6.28. The maximum absolute atomic E-state index is 14.1. The van der Waals surface area contributed by atoms with Gasteiger partial charge in [0.05, 0.1) is 17.8 Å². The van der Waals surface area contributed by atoms with Gasteiger partial charge in [0.1, 0.15) is 10.5 Å². The Hall–Kier alpha value is -2.19. The van der Waals surface area contributed by atoms with Crippen LogP contribution in [0.25, 0.3) is 10.2 Å². The number of aromatic nitrogens is 2. The molecule has 0 aliphatic carbocycles. The number of rotatable bonds is 7. The maximum Gasteiger partial charge on any atom is 0.272 e. The molecule has 0 fully saturated rings. The lowest BCUT2D eigenvalue weighted by molar-refractivity contribution is -0.127. The molecule has 0 aliphatic heterocycles. The molecule has 5 nitrogen and oxygen atoms in total. The second-order valence-electron chi connectivity index (χ2n) is 5.87. The Morgan fingerprint density at radius 1 is 1.26 bits per heavy atom. The molecule has 2 heterocycles. The summed E-state index contributed by atoms with van der Waals surface area (Å²) in [7, 11) is 0. The second-order valence-corrected chi connectivity index (χ2v) is 7.73. The van der Waals surface area contributed by atoms with Crippen LogP contribution in [0.2, 0.25) is 0 Å². The molecule has 1 amide bonds. The van der Waals surface area contributed by atoms with Crippen LogP contribution in [0.5, 0.6) is 0 Å². The summed E-state index contributed by atoms with van der Waals surface area (Å²) >= 11 is 2.53. The van der Waals surface area contributed by atoms with Gasteiger partial charge in [0.25, 0.3) is 5.56 Å². The maximum atomic E-state index is 14.1. The molecule has 0 saturated heterocycles. The number of benzene rings is 1. The standard InChI is InChI=1S/C19H20FN3O2S2/c1-3-22(4-2)16(24)12-27-19-21-15-9-10-26-17(15)18(25)23(19)11-13-7-5-6-8-14(13)20/h5-10H,3-4,11-12H2,1-2H3. The fraction of sp³-hybridized carbons (Fsp3) is 0.316. The van der Waals surface area contributed by atoms with E-state index in [1.165, 1.54) is 33.7 Å². The fourth-order valence-corrected chi connectivity index (χ4v) is 4.44. The van der Waals surface area contributed by atoms with E-state index in [1.54, 1.807) is 29.2 Å². The Balaban J connectivity index is 1.96. The van der Waals surface area contributed by atoms with Gasteiger partial charge >= 0.3 is 0 Å². The molecule has 0 spiro atoms. The van der Waals surface area contributed by atoms with Gasteiger partial charge in [0.15, 0.2) is 5.16 Å². The number of hydrogen-bond acceptors (Lipinski definition) is 5. The van der Waals surface area contributed by atoms with E-state index in [9.17, 15) is 14.0 Å². The molecule has 27 heavy (non-hydrogen) atoms. The molecular formula is C19H20FN3O2S2. The van der Waals surface area contributed by atoms with Crippen molar-refractivity contribution in [2.24, 2.45) is 0 Å². The van der Waals surface area contributed by atoms with Gasteiger partial charge < -0.3 is 4.90 Å². The second kappa shape index (κ2) is 8.67. The van der Waals surface area contributed by atoms with Crippen LogP contribution in [0.1, 0.15) is 19.4 Å². The highest BCUT2D eigenvalue weighted by molar-refractivity contribution is 7.99. The minimum atomic E-state index is -0.370. The first-order valence-corrected chi connectivity index (χ1v) is 10.5. The summed E-state index contributed by atoms with van der Waals surface area (Å²) in [5.41, 5.74) is 0.804. The monoisotopic (exact) mass is 405 g/mol. The molecule has 0 saturated carbocycles. The van der Waals surface area contributed by atoms with Crippen molar-refractivity contribution in [3.63, 3.8) is 0 Å². The van der Waals surface area contributed by atoms with Gasteiger partial charge in [-0.25, -0.2) is 9.37 Å². The number of fused-ring (bicyclic) bond motifs is 1. The minimum absolute atomic E-state index is 0.0119. The molecule has 0 unspecified atom stereocenters. The average molecular weight is 406 g/mol. The summed E-state index contributed by atoms with van der Waals surface area (Å²) in [6, 6.07) is 8.15. The Labute approximate surface area is 164 Å². The van der Waals surface area contributed by atoms with Gasteiger partial charge in [0, 0.05) is 18.7 Å². The SMILES string of the molecule is CCN(CC)C(=O)CSc1nc2ccsc2c(=O)n1Cc1ccccc1F. The summed E-state index contributed by atoms with van der Waals surface area (Å²) in [6.45, 7) is 5.20. The zero-order valence-electron chi connectivity index (χ0n) is 15.1. The van der Waals surface area contributed by atoms with Gasteiger partial charge in [0.2, 0.25) is 5.91 Å². The van der Waals surface area contributed by atoms with Crippen LogP contribution in [0.15, 0.2) is 45.7 Å². The highest BCUT2D eigenvalue weighted by atomic mass is 32.2. The number of thioether (sulfide) groups is 1. The summed E-state index contributed by atoms with van der Waals surface area (Å²) in [5, 5.41) is 2.23. The normalized spacial score (nSPS) is 11.1. The van der Waals surface area contributed by atoms with Gasteiger partial charge in [-0.2, -0.15) is 0 Å². The molecule has 142 valence electrons. The van der Waals surface area contributed by atoms with Crippen LogP contribution in [0, 0.1) is 5.82 Å². The zero-order chi connectivity index (χ0) is 19.4. The number of halogens is 1. The smallest absolute Gasteiger partial charge is 0.272 e. The molecule has 0 bridgehead atoms. The van der Waals surface area contributed by atoms with E-state index in [4.69, 9.17) is 0 Å². The van der Waals surface area contributed by atoms with Crippen LogP contribution < -0.4 is 5.56 Å².